The van der Waals surface area contributed by atoms with Crippen molar-refractivity contribution in [3.05, 3.63) is 33.8 Å². The van der Waals surface area contributed by atoms with Crippen molar-refractivity contribution in [2.75, 3.05) is 33.4 Å². The van der Waals surface area contributed by atoms with Gasteiger partial charge in [-0.2, -0.15) is 0 Å². The number of carbonyl (C=O) groups excluding carboxylic acids is 1. The van der Waals surface area contributed by atoms with Crippen LogP contribution in [-0.2, 0) is 9.47 Å². The van der Waals surface area contributed by atoms with E-state index in [9.17, 15) is 4.79 Å². The minimum atomic E-state index is 0.0744. The molecule has 0 unspecified atom stereocenters. The monoisotopic (exact) mass is 327 g/mol. The molecule has 104 valence electrons. The lowest BCUT2D eigenvalue weighted by Gasteiger charge is -2.39. The standard InChI is InChI=1S/C14H18BrNO3/c1-10-12(4-3-5-13(10)15)14(17)16-8-11(9-16)19-7-6-18-2/h3-5,11H,6-9H2,1-2H3. The maximum absolute atomic E-state index is 12.3. The van der Waals surface area contributed by atoms with Crippen molar-refractivity contribution < 1.29 is 14.3 Å². The predicted molar refractivity (Wildman–Crippen MR) is 76.4 cm³/mol. The van der Waals surface area contributed by atoms with Crippen molar-refractivity contribution in [3.63, 3.8) is 0 Å². The number of hydrogen-bond donors (Lipinski definition) is 0. The van der Waals surface area contributed by atoms with Gasteiger partial charge in [-0.3, -0.25) is 4.79 Å². The lowest BCUT2D eigenvalue weighted by atomic mass is 10.0. The van der Waals surface area contributed by atoms with Gasteiger partial charge < -0.3 is 14.4 Å². The van der Waals surface area contributed by atoms with E-state index in [0.717, 1.165) is 15.6 Å². The second-order valence-electron chi connectivity index (χ2n) is 4.61. The van der Waals surface area contributed by atoms with Gasteiger partial charge in [-0.05, 0) is 24.6 Å². The molecule has 1 amide bonds. The molecule has 0 N–H and O–H groups in total. The van der Waals surface area contributed by atoms with E-state index in [0.29, 0.717) is 26.3 Å². The van der Waals surface area contributed by atoms with Crippen molar-refractivity contribution in [1.29, 1.82) is 0 Å². The Morgan fingerprint density at radius 3 is 2.84 bits per heavy atom. The molecular weight excluding hydrogens is 310 g/mol. The molecule has 4 nitrogen and oxygen atoms in total. The molecule has 0 atom stereocenters. The number of amides is 1. The average Bonchev–Trinajstić information content (AvgIpc) is 2.35. The molecule has 0 saturated carbocycles. The summed E-state index contributed by atoms with van der Waals surface area (Å²) in [5.74, 6) is 0.0744. The molecule has 0 spiro atoms. The molecule has 1 aliphatic rings. The van der Waals surface area contributed by atoms with Crippen molar-refractivity contribution >= 4 is 21.8 Å². The largest absolute Gasteiger partial charge is 0.382 e. The topological polar surface area (TPSA) is 38.8 Å². The highest BCUT2D eigenvalue weighted by molar-refractivity contribution is 9.10. The van der Waals surface area contributed by atoms with Crippen molar-refractivity contribution in [2.45, 2.75) is 13.0 Å². The summed E-state index contributed by atoms with van der Waals surface area (Å²) in [6, 6.07) is 5.69. The Kier molecular flexibility index (Phi) is 4.96. The Balaban J connectivity index is 1.88. The average molecular weight is 328 g/mol. The summed E-state index contributed by atoms with van der Waals surface area (Å²) in [5.41, 5.74) is 1.74. The van der Waals surface area contributed by atoms with E-state index in [1.165, 1.54) is 0 Å². The first-order valence-electron chi connectivity index (χ1n) is 6.28. The number of benzene rings is 1. The van der Waals surface area contributed by atoms with E-state index in [4.69, 9.17) is 9.47 Å². The van der Waals surface area contributed by atoms with Crippen LogP contribution in [0.15, 0.2) is 22.7 Å². The fourth-order valence-corrected chi connectivity index (χ4v) is 2.38. The Bertz CT molecular complexity index is 458. The minimum Gasteiger partial charge on any atom is -0.382 e. The second kappa shape index (κ2) is 6.50. The van der Waals surface area contributed by atoms with Crippen LogP contribution in [0.25, 0.3) is 0 Å². The Morgan fingerprint density at radius 2 is 2.16 bits per heavy atom. The van der Waals surface area contributed by atoms with Gasteiger partial charge >= 0.3 is 0 Å². The van der Waals surface area contributed by atoms with Gasteiger partial charge in [0.25, 0.3) is 5.91 Å². The highest BCUT2D eigenvalue weighted by Gasteiger charge is 2.32. The van der Waals surface area contributed by atoms with Gasteiger partial charge in [-0.25, -0.2) is 0 Å². The van der Waals surface area contributed by atoms with E-state index in [-0.39, 0.29) is 12.0 Å². The van der Waals surface area contributed by atoms with Crippen LogP contribution < -0.4 is 0 Å². The molecule has 0 radical (unpaired) electrons. The Hall–Kier alpha value is -0.910. The van der Waals surface area contributed by atoms with E-state index in [1.807, 2.05) is 30.0 Å². The first-order chi connectivity index (χ1) is 9.13. The zero-order chi connectivity index (χ0) is 13.8. The van der Waals surface area contributed by atoms with Crippen LogP contribution >= 0.6 is 15.9 Å². The number of rotatable bonds is 5. The third-order valence-electron chi connectivity index (χ3n) is 3.27. The van der Waals surface area contributed by atoms with E-state index in [2.05, 4.69) is 15.9 Å². The first-order valence-corrected chi connectivity index (χ1v) is 7.07. The molecule has 0 bridgehead atoms. The van der Waals surface area contributed by atoms with Gasteiger partial charge in [-0.15, -0.1) is 0 Å². The molecular formula is C14H18BrNO3. The summed E-state index contributed by atoms with van der Waals surface area (Å²) in [6.45, 7) is 4.45. The molecule has 5 heteroatoms. The normalized spacial score (nSPS) is 15.4. The van der Waals surface area contributed by atoms with Gasteiger partial charge in [-0.1, -0.05) is 22.0 Å². The summed E-state index contributed by atoms with van der Waals surface area (Å²) in [7, 11) is 1.65. The molecule has 2 rings (SSSR count). The quantitative estimate of drug-likeness (QED) is 0.778. The number of ether oxygens (including phenoxy) is 2. The van der Waals surface area contributed by atoms with Crippen LogP contribution in [0.2, 0.25) is 0 Å². The summed E-state index contributed by atoms with van der Waals surface area (Å²) in [4.78, 5) is 14.1. The van der Waals surface area contributed by atoms with Crippen molar-refractivity contribution in [1.82, 2.24) is 4.90 Å². The minimum absolute atomic E-state index is 0.0744. The van der Waals surface area contributed by atoms with Crippen LogP contribution in [0, 0.1) is 6.92 Å². The Labute approximate surface area is 121 Å². The van der Waals surface area contributed by atoms with Crippen LogP contribution in [0.1, 0.15) is 15.9 Å². The number of halogens is 1. The van der Waals surface area contributed by atoms with E-state index >= 15 is 0 Å². The molecule has 0 aliphatic carbocycles. The zero-order valence-electron chi connectivity index (χ0n) is 11.2. The van der Waals surface area contributed by atoms with Gasteiger partial charge in [0, 0.05) is 30.2 Å². The Morgan fingerprint density at radius 1 is 1.42 bits per heavy atom. The van der Waals surface area contributed by atoms with Crippen LogP contribution in [0.3, 0.4) is 0 Å². The fraction of sp³-hybridized carbons (Fsp3) is 0.500. The maximum atomic E-state index is 12.3. The molecule has 0 aromatic heterocycles. The molecule has 19 heavy (non-hydrogen) atoms. The highest BCUT2D eigenvalue weighted by atomic mass is 79.9. The fourth-order valence-electron chi connectivity index (χ4n) is 2.02. The number of nitrogens with zero attached hydrogens (tertiary/aromatic N) is 1. The first kappa shape index (κ1) is 14.5. The van der Waals surface area contributed by atoms with Gasteiger partial charge in [0.15, 0.2) is 0 Å². The summed E-state index contributed by atoms with van der Waals surface area (Å²) < 4.78 is 11.4. The van der Waals surface area contributed by atoms with Crippen molar-refractivity contribution in [2.24, 2.45) is 0 Å². The number of hydrogen-bond acceptors (Lipinski definition) is 3. The highest BCUT2D eigenvalue weighted by Crippen LogP contribution is 2.23. The number of methoxy groups -OCH3 is 1. The molecule has 1 fully saturated rings. The summed E-state index contributed by atoms with van der Waals surface area (Å²) >= 11 is 3.45. The molecule has 1 aliphatic heterocycles. The van der Waals surface area contributed by atoms with Crippen LogP contribution in [0.5, 0.6) is 0 Å². The number of likely N-dealkylation sites (tertiary alicyclic amines) is 1. The van der Waals surface area contributed by atoms with Crippen LogP contribution in [0.4, 0.5) is 0 Å². The molecule has 1 saturated heterocycles. The molecule has 1 aromatic carbocycles. The summed E-state index contributed by atoms with van der Waals surface area (Å²) in [6.07, 6.45) is 0.145. The molecule has 1 heterocycles. The van der Waals surface area contributed by atoms with E-state index < -0.39 is 0 Å². The predicted octanol–water partition coefficient (Wildman–Crippen LogP) is 2.24. The lowest BCUT2D eigenvalue weighted by molar-refractivity contribution is -0.0555. The maximum Gasteiger partial charge on any atom is 0.254 e. The van der Waals surface area contributed by atoms with Gasteiger partial charge in [0.1, 0.15) is 0 Å². The third-order valence-corrected chi connectivity index (χ3v) is 4.13. The van der Waals surface area contributed by atoms with E-state index in [1.54, 1.807) is 7.11 Å². The number of carbonyl (C=O) groups is 1. The van der Waals surface area contributed by atoms with Crippen molar-refractivity contribution in [3.8, 4) is 0 Å². The van der Waals surface area contributed by atoms with Crippen LogP contribution in [-0.4, -0.2) is 50.3 Å². The van der Waals surface area contributed by atoms with Gasteiger partial charge in [0.2, 0.25) is 0 Å². The second-order valence-corrected chi connectivity index (χ2v) is 5.46. The smallest absolute Gasteiger partial charge is 0.254 e. The SMILES string of the molecule is COCCOC1CN(C(=O)c2cccc(Br)c2C)C1. The summed E-state index contributed by atoms with van der Waals surface area (Å²) in [5, 5.41) is 0. The third kappa shape index (κ3) is 3.35. The zero-order valence-corrected chi connectivity index (χ0v) is 12.8. The van der Waals surface area contributed by atoms with Gasteiger partial charge in [0.05, 0.1) is 19.3 Å². The lowest BCUT2D eigenvalue weighted by Crippen LogP contribution is -2.55. The molecule has 1 aromatic rings.